The van der Waals surface area contributed by atoms with Gasteiger partial charge in [0.2, 0.25) is 5.89 Å². The maximum atomic E-state index is 14.0. The number of carbonyl (C=O) groups is 1. The summed E-state index contributed by atoms with van der Waals surface area (Å²) in [4.78, 5) is 17.1. The van der Waals surface area contributed by atoms with Gasteiger partial charge in [-0.2, -0.15) is 0 Å². The molecule has 2 aromatic carbocycles. The summed E-state index contributed by atoms with van der Waals surface area (Å²) in [5.74, 6) is -0.0159. The number of aromatic nitrogens is 4. The molecule has 0 aliphatic carbocycles. The van der Waals surface area contributed by atoms with E-state index in [0.29, 0.717) is 32.5 Å². The fourth-order valence-corrected chi connectivity index (χ4v) is 3.38. The van der Waals surface area contributed by atoms with Crippen LogP contribution in [0.25, 0.3) is 11.5 Å². The van der Waals surface area contributed by atoms with Gasteiger partial charge in [0.15, 0.2) is 5.69 Å². The first kappa shape index (κ1) is 21.2. The quantitative estimate of drug-likeness (QED) is 0.393. The molecule has 2 aromatic heterocycles. The van der Waals surface area contributed by atoms with Crippen LogP contribution in [0.1, 0.15) is 27.6 Å². The molecular weight excluding hydrogens is 489 g/mol. The molecule has 10 heteroatoms. The minimum Gasteiger partial charge on any atom is -0.441 e. The Hall–Kier alpha value is -3.04. The smallest absolute Gasteiger partial charge is 0.278 e. The molecule has 31 heavy (non-hydrogen) atoms. The minimum atomic E-state index is -0.555. The van der Waals surface area contributed by atoms with Crippen molar-refractivity contribution in [3.8, 4) is 11.5 Å². The second-order valence-corrected chi connectivity index (χ2v) is 8.14. The molecule has 0 fully saturated rings. The number of amides is 1. The summed E-state index contributed by atoms with van der Waals surface area (Å²) >= 11 is 9.11. The zero-order valence-electron chi connectivity index (χ0n) is 16.5. The van der Waals surface area contributed by atoms with E-state index >= 15 is 0 Å². The first-order valence-corrected chi connectivity index (χ1v) is 10.4. The zero-order chi connectivity index (χ0) is 22.1. The van der Waals surface area contributed by atoms with Gasteiger partial charge in [-0.05, 0) is 56.3 Å². The van der Waals surface area contributed by atoms with Gasteiger partial charge in [0, 0.05) is 15.1 Å². The van der Waals surface area contributed by atoms with Crippen molar-refractivity contribution in [3.63, 3.8) is 0 Å². The summed E-state index contributed by atoms with van der Waals surface area (Å²) in [6, 6.07) is 11.5. The minimum absolute atomic E-state index is 0.0575. The third-order valence-electron chi connectivity index (χ3n) is 4.66. The van der Waals surface area contributed by atoms with Crippen LogP contribution < -0.4 is 5.32 Å². The van der Waals surface area contributed by atoms with E-state index in [0.717, 1.165) is 5.56 Å². The third kappa shape index (κ3) is 4.52. The molecule has 158 valence electrons. The van der Waals surface area contributed by atoms with E-state index in [4.69, 9.17) is 16.0 Å². The molecule has 7 nitrogen and oxygen atoms in total. The number of nitrogens with zero attached hydrogens (tertiary/aromatic N) is 4. The van der Waals surface area contributed by atoms with Crippen LogP contribution in [0.4, 0.5) is 10.1 Å². The van der Waals surface area contributed by atoms with Crippen molar-refractivity contribution >= 4 is 39.1 Å². The van der Waals surface area contributed by atoms with Crippen molar-refractivity contribution in [3.05, 3.63) is 80.6 Å². The summed E-state index contributed by atoms with van der Waals surface area (Å²) in [5.41, 5.74) is 2.13. The van der Waals surface area contributed by atoms with E-state index in [9.17, 15) is 9.18 Å². The highest BCUT2D eigenvalue weighted by Crippen LogP contribution is 2.24. The molecule has 0 aliphatic heterocycles. The highest BCUT2D eigenvalue weighted by atomic mass is 79.9. The average molecular weight is 505 g/mol. The molecule has 0 bridgehead atoms. The van der Waals surface area contributed by atoms with Crippen LogP contribution in [0, 0.1) is 19.7 Å². The van der Waals surface area contributed by atoms with Crippen molar-refractivity contribution in [1.29, 1.82) is 0 Å². The standard InChI is InChI=1S/C21H16BrClFN5O2/c1-11-19(20(30)25-17-8-5-14(22)9-16(17)24)27-28-29(11)10-18-12(2)31-21(26-18)13-3-6-15(23)7-4-13/h3-9H,10H2,1-2H3,(H,25,30). The van der Waals surface area contributed by atoms with Gasteiger partial charge in [-0.15, -0.1) is 5.10 Å². The number of rotatable bonds is 5. The Morgan fingerprint density at radius 1 is 1.23 bits per heavy atom. The molecule has 0 spiro atoms. The van der Waals surface area contributed by atoms with Gasteiger partial charge in [-0.1, -0.05) is 32.7 Å². The number of nitrogens with one attached hydrogen (secondary N) is 1. The zero-order valence-corrected chi connectivity index (χ0v) is 18.8. The first-order valence-electron chi connectivity index (χ1n) is 9.20. The monoisotopic (exact) mass is 503 g/mol. The van der Waals surface area contributed by atoms with E-state index in [1.165, 1.54) is 12.1 Å². The molecule has 0 saturated heterocycles. The Morgan fingerprint density at radius 3 is 2.68 bits per heavy atom. The maximum Gasteiger partial charge on any atom is 0.278 e. The Kier molecular flexibility index (Phi) is 5.88. The molecule has 1 N–H and O–H groups in total. The van der Waals surface area contributed by atoms with Gasteiger partial charge in [-0.3, -0.25) is 4.79 Å². The Morgan fingerprint density at radius 2 is 1.97 bits per heavy atom. The van der Waals surface area contributed by atoms with Crippen LogP contribution >= 0.6 is 27.5 Å². The molecule has 0 atom stereocenters. The van der Waals surface area contributed by atoms with Gasteiger partial charge >= 0.3 is 0 Å². The van der Waals surface area contributed by atoms with E-state index in [-0.39, 0.29) is 17.9 Å². The largest absolute Gasteiger partial charge is 0.441 e. The fourth-order valence-electron chi connectivity index (χ4n) is 2.93. The topological polar surface area (TPSA) is 85.8 Å². The molecular formula is C21H16BrClFN5O2. The molecule has 4 aromatic rings. The van der Waals surface area contributed by atoms with Gasteiger partial charge < -0.3 is 9.73 Å². The maximum absolute atomic E-state index is 14.0. The fraction of sp³-hybridized carbons (Fsp3) is 0.143. The van der Waals surface area contributed by atoms with Crippen LogP contribution in [-0.2, 0) is 6.54 Å². The SMILES string of the molecule is Cc1oc(-c2ccc(Cl)cc2)nc1Cn1nnc(C(=O)Nc2ccc(Br)cc2F)c1C. The Labute approximate surface area is 190 Å². The third-order valence-corrected chi connectivity index (χ3v) is 5.41. The predicted octanol–water partition coefficient (Wildman–Crippen LogP) is 5.41. The number of benzene rings is 2. The van der Waals surface area contributed by atoms with Gasteiger partial charge in [0.1, 0.15) is 17.3 Å². The van der Waals surface area contributed by atoms with Gasteiger partial charge in [-0.25, -0.2) is 14.1 Å². The number of anilines is 1. The lowest BCUT2D eigenvalue weighted by Gasteiger charge is -2.06. The number of hydrogen-bond acceptors (Lipinski definition) is 5. The van der Waals surface area contributed by atoms with E-state index in [1.54, 1.807) is 36.7 Å². The van der Waals surface area contributed by atoms with E-state index < -0.39 is 11.7 Å². The van der Waals surface area contributed by atoms with Crippen molar-refractivity contribution in [1.82, 2.24) is 20.0 Å². The summed E-state index contributed by atoms with van der Waals surface area (Å²) in [5, 5.41) is 11.1. The summed E-state index contributed by atoms with van der Waals surface area (Å²) < 4.78 is 21.9. The lowest BCUT2D eigenvalue weighted by molar-refractivity contribution is 0.102. The molecule has 1 amide bonds. The lowest BCUT2D eigenvalue weighted by Crippen LogP contribution is -2.15. The molecule has 0 saturated carbocycles. The number of oxazole rings is 1. The van der Waals surface area contributed by atoms with Crippen LogP contribution in [0.2, 0.25) is 5.02 Å². The van der Waals surface area contributed by atoms with Crippen LogP contribution in [0.3, 0.4) is 0 Å². The second-order valence-electron chi connectivity index (χ2n) is 6.79. The van der Waals surface area contributed by atoms with Crippen molar-refractivity contribution in [2.24, 2.45) is 0 Å². The van der Waals surface area contributed by atoms with Gasteiger partial charge in [0.05, 0.1) is 17.9 Å². The number of hydrogen-bond donors (Lipinski definition) is 1. The number of carbonyl (C=O) groups excluding carboxylic acids is 1. The average Bonchev–Trinajstić information content (AvgIpc) is 3.28. The Bertz CT molecular complexity index is 1270. The van der Waals surface area contributed by atoms with Crippen LogP contribution in [0.5, 0.6) is 0 Å². The van der Waals surface area contributed by atoms with Gasteiger partial charge in [0.25, 0.3) is 5.91 Å². The first-order chi connectivity index (χ1) is 14.8. The molecule has 4 rings (SSSR count). The van der Waals surface area contributed by atoms with Crippen molar-refractivity contribution in [2.75, 3.05) is 5.32 Å². The van der Waals surface area contributed by atoms with E-state index in [1.807, 2.05) is 12.1 Å². The highest BCUT2D eigenvalue weighted by molar-refractivity contribution is 9.10. The Balaban J connectivity index is 1.53. The van der Waals surface area contributed by atoms with Crippen molar-refractivity contribution in [2.45, 2.75) is 20.4 Å². The molecule has 0 unspecified atom stereocenters. The molecule has 0 radical (unpaired) electrons. The lowest BCUT2D eigenvalue weighted by atomic mass is 10.2. The molecule has 2 heterocycles. The van der Waals surface area contributed by atoms with Crippen LogP contribution in [0.15, 0.2) is 51.4 Å². The predicted molar refractivity (Wildman–Crippen MR) is 118 cm³/mol. The second kappa shape index (κ2) is 8.60. The number of halogens is 3. The summed E-state index contributed by atoms with van der Waals surface area (Å²) in [7, 11) is 0. The highest BCUT2D eigenvalue weighted by Gasteiger charge is 2.20. The normalized spacial score (nSPS) is 11.0. The van der Waals surface area contributed by atoms with E-state index in [2.05, 4.69) is 36.5 Å². The number of aryl methyl sites for hydroxylation is 1. The van der Waals surface area contributed by atoms with Crippen molar-refractivity contribution < 1.29 is 13.6 Å². The summed E-state index contributed by atoms with van der Waals surface area (Å²) in [6.07, 6.45) is 0. The summed E-state index contributed by atoms with van der Waals surface area (Å²) in [6.45, 7) is 3.78. The molecule has 0 aliphatic rings. The van der Waals surface area contributed by atoms with Crippen LogP contribution in [-0.4, -0.2) is 25.9 Å².